The largest absolute Gasteiger partial charge is 0.481 e. The molecule has 1 unspecified atom stereocenters. The number of aliphatic carboxylic acids is 1. The number of fused-ring (bicyclic) bond motifs is 1. The van der Waals surface area contributed by atoms with E-state index in [4.69, 9.17) is 5.11 Å². The number of aromatic nitrogens is 1. The Kier molecular flexibility index (Phi) is 4.31. The Hall–Kier alpha value is -2.30. The van der Waals surface area contributed by atoms with Gasteiger partial charge in [0.2, 0.25) is 0 Å². The maximum atomic E-state index is 12.2. The molecule has 5 heteroatoms. The second kappa shape index (κ2) is 5.99. The van der Waals surface area contributed by atoms with Gasteiger partial charge in [-0.1, -0.05) is 6.07 Å². The van der Waals surface area contributed by atoms with Gasteiger partial charge in [0, 0.05) is 23.4 Å². The van der Waals surface area contributed by atoms with Crippen molar-refractivity contribution in [2.75, 3.05) is 0 Å². The zero-order chi connectivity index (χ0) is 15.6. The summed E-state index contributed by atoms with van der Waals surface area (Å²) >= 11 is 0. The van der Waals surface area contributed by atoms with Crippen LogP contribution in [0.5, 0.6) is 0 Å². The van der Waals surface area contributed by atoms with E-state index in [-0.39, 0.29) is 18.4 Å². The molecule has 1 aromatic carbocycles. The van der Waals surface area contributed by atoms with Crippen molar-refractivity contribution in [2.45, 2.75) is 39.7 Å². The summed E-state index contributed by atoms with van der Waals surface area (Å²) in [6.07, 6.45) is 0.464. The van der Waals surface area contributed by atoms with Crippen molar-refractivity contribution in [3.8, 4) is 0 Å². The van der Waals surface area contributed by atoms with Crippen molar-refractivity contribution >= 4 is 22.8 Å². The highest BCUT2D eigenvalue weighted by atomic mass is 16.4. The summed E-state index contributed by atoms with van der Waals surface area (Å²) < 4.78 is 0. The van der Waals surface area contributed by atoms with Crippen LogP contribution in [-0.4, -0.2) is 28.0 Å². The van der Waals surface area contributed by atoms with Crippen LogP contribution in [0.3, 0.4) is 0 Å². The predicted octanol–water partition coefficient (Wildman–Crippen LogP) is 2.77. The van der Waals surface area contributed by atoms with E-state index in [1.165, 1.54) is 5.56 Å². The van der Waals surface area contributed by atoms with Crippen LogP contribution >= 0.6 is 0 Å². The number of amides is 1. The van der Waals surface area contributed by atoms with E-state index in [0.29, 0.717) is 12.1 Å². The van der Waals surface area contributed by atoms with Gasteiger partial charge in [0.1, 0.15) is 5.69 Å². The molecular weight excluding hydrogens is 268 g/mol. The molecule has 1 amide bonds. The third-order valence-corrected chi connectivity index (χ3v) is 3.76. The quantitative estimate of drug-likeness (QED) is 0.791. The minimum Gasteiger partial charge on any atom is -0.481 e. The van der Waals surface area contributed by atoms with Gasteiger partial charge in [-0.2, -0.15) is 0 Å². The van der Waals surface area contributed by atoms with Gasteiger partial charge in [0.25, 0.3) is 5.91 Å². The smallest absolute Gasteiger partial charge is 0.303 e. The summed E-state index contributed by atoms with van der Waals surface area (Å²) in [7, 11) is 0. The van der Waals surface area contributed by atoms with Crippen LogP contribution in [0.4, 0.5) is 0 Å². The first-order valence-electron chi connectivity index (χ1n) is 7.00. The van der Waals surface area contributed by atoms with E-state index < -0.39 is 5.97 Å². The normalized spacial score (nSPS) is 12.3. The number of rotatable bonds is 5. The Morgan fingerprint density at radius 3 is 2.71 bits per heavy atom. The molecule has 0 aliphatic heterocycles. The molecule has 0 saturated heterocycles. The van der Waals surface area contributed by atoms with E-state index in [0.717, 1.165) is 16.5 Å². The van der Waals surface area contributed by atoms with Crippen LogP contribution in [0.15, 0.2) is 18.2 Å². The van der Waals surface area contributed by atoms with Crippen molar-refractivity contribution in [3.63, 3.8) is 0 Å². The molecule has 0 radical (unpaired) electrons. The maximum absolute atomic E-state index is 12.2. The van der Waals surface area contributed by atoms with Crippen LogP contribution < -0.4 is 5.32 Å². The molecular formula is C16H20N2O3. The highest BCUT2D eigenvalue weighted by Crippen LogP contribution is 2.22. The Labute approximate surface area is 123 Å². The van der Waals surface area contributed by atoms with Crippen LogP contribution in [-0.2, 0) is 4.79 Å². The van der Waals surface area contributed by atoms with Gasteiger partial charge in [0.05, 0.1) is 0 Å². The van der Waals surface area contributed by atoms with Crippen molar-refractivity contribution in [2.24, 2.45) is 0 Å². The lowest BCUT2D eigenvalue weighted by molar-refractivity contribution is -0.137. The Morgan fingerprint density at radius 1 is 1.33 bits per heavy atom. The van der Waals surface area contributed by atoms with E-state index in [1.54, 1.807) is 6.92 Å². The maximum Gasteiger partial charge on any atom is 0.303 e. The van der Waals surface area contributed by atoms with Crippen molar-refractivity contribution in [1.82, 2.24) is 10.3 Å². The van der Waals surface area contributed by atoms with Gasteiger partial charge >= 0.3 is 5.97 Å². The standard InChI is InChI=1S/C16H20N2O3/c1-9-4-6-13-12(11(9)3)8-14(18-13)16(21)17-10(2)5-7-15(19)20/h4,6,8,10,18H,5,7H2,1-3H3,(H,17,21)(H,19,20). The number of carboxylic acids is 1. The predicted molar refractivity (Wildman–Crippen MR) is 81.6 cm³/mol. The zero-order valence-corrected chi connectivity index (χ0v) is 12.5. The lowest BCUT2D eigenvalue weighted by Crippen LogP contribution is -2.33. The fraction of sp³-hybridized carbons (Fsp3) is 0.375. The van der Waals surface area contributed by atoms with Gasteiger partial charge in [-0.15, -0.1) is 0 Å². The summed E-state index contributed by atoms with van der Waals surface area (Å²) in [6.45, 7) is 5.87. The van der Waals surface area contributed by atoms with Gasteiger partial charge in [-0.25, -0.2) is 0 Å². The summed E-state index contributed by atoms with van der Waals surface area (Å²) in [6, 6.07) is 5.65. The summed E-state index contributed by atoms with van der Waals surface area (Å²) in [5.41, 5.74) is 3.77. The van der Waals surface area contributed by atoms with E-state index in [2.05, 4.69) is 10.3 Å². The fourth-order valence-electron chi connectivity index (χ4n) is 2.29. The summed E-state index contributed by atoms with van der Waals surface area (Å²) in [5.74, 6) is -1.06. The first-order valence-corrected chi connectivity index (χ1v) is 7.00. The molecule has 0 saturated carbocycles. The lowest BCUT2D eigenvalue weighted by Gasteiger charge is -2.11. The molecule has 1 aromatic heterocycles. The van der Waals surface area contributed by atoms with Crippen LogP contribution in [0.1, 0.15) is 41.4 Å². The molecule has 1 atom stereocenters. The number of carbonyl (C=O) groups excluding carboxylic acids is 1. The number of hydrogen-bond acceptors (Lipinski definition) is 2. The van der Waals surface area contributed by atoms with Gasteiger partial charge < -0.3 is 15.4 Å². The number of nitrogens with one attached hydrogen (secondary N) is 2. The number of benzene rings is 1. The summed E-state index contributed by atoms with van der Waals surface area (Å²) in [4.78, 5) is 25.8. The molecule has 2 aromatic rings. The highest BCUT2D eigenvalue weighted by Gasteiger charge is 2.14. The van der Waals surface area contributed by atoms with Gasteiger partial charge in [-0.05, 0) is 50.5 Å². The second-order valence-electron chi connectivity index (χ2n) is 5.46. The Balaban J connectivity index is 2.13. The van der Waals surface area contributed by atoms with Gasteiger partial charge in [-0.3, -0.25) is 9.59 Å². The van der Waals surface area contributed by atoms with E-state index >= 15 is 0 Å². The Morgan fingerprint density at radius 2 is 2.05 bits per heavy atom. The number of hydrogen-bond donors (Lipinski definition) is 3. The average Bonchev–Trinajstić information content (AvgIpc) is 2.85. The van der Waals surface area contributed by atoms with E-state index in [1.807, 2.05) is 32.0 Å². The first-order chi connectivity index (χ1) is 9.88. The van der Waals surface area contributed by atoms with Crippen LogP contribution in [0, 0.1) is 13.8 Å². The molecule has 0 spiro atoms. The minimum atomic E-state index is -0.854. The lowest BCUT2D eigenvalue weighted by atomic mass is 10.1. The molecule has 21 heavy (non-hydrogen) atoms. The third-order valence-electron chi connectivity index (χ3n) is 3.76. The molecule has 0 aliphatic rings. The minimum absolute atomic E-state index is 0.0481. The Bertz CT molecular complexity index is 688. The summed E-state index contributed by atoms with van der Waals surface area (Å²) in [5, 5.41) is 12.5. The number of aromatic amines is 1. The van der Waals surface area contributed by atoms with Crippen molar-refractivity contribution in [1.29, 1.82) is 0 Å². The first kappa shape index (κ1) is 15.1. The van der Waals surface area contributed by atoms with Crippen LogP contribution in [0.2, 0.25) is 0 Å². The molecule has 0 bridgehead atoms. The van der Waals surface area contributed by atoms with Crippen molar-refractivity contribution < 1.29 is 14.7 Å². The number of aryl methyl sites for hydroxylation is 2. The molecule has 2 rings (SSSR count). The number of carboxylic acid groups (broad SMARTS) is 1. The van der Waals surface area contributed by atoms with Gasteiger partial charge in [0.15, 0.2) is 0 Å². The fourth-order valence-corrected chi connectivity index (χ4v) is 2.29. The second-order valence-corrected chi connectivity index (χ2v) is 5.46. The molecule has 5 nitrogen and oxygen atoms in total. The highest BCUT2D eigenvalue weighted by molar-refractivity contribution is 5.99. The van der Waals surface area contributed by atoms with E-state index in [9.17, 15) is 9.59 Å². The topological polar surface area (TPSA) is 82.2 Å². The number of H-pyrrole nitrogens is 1. The molecule has 1 heterocycles. The molecule has 3 N–H and O–H groups in total. The third kappa shape index (κ3) is 3.42. The number of carbonyl (C=O) groups is 2. The molecule has 112 valence electrons. The average molecular weight is 288 g/mol. The zero-order valence-electron chi connectivity index (χ0n) is 12.5. The van der Waals surface area contributed by atoms with Crippen LogP contribution in [0.25, 0.3) is 10.9 Å². The molecule has 0 aliphatic carbocycles. The molecule has 0 fully saturated rings. The van der Waals surface area contributed by atoms with Crippen molar-refractivity contribution in [3.05, 3.63) is 35.0 Å². The SMILES string of the molecule is Cc1ccc2[nH]c(C(=O)NC(C)CCC(=O)O)cc2c1C. The monoisotopic (exact) mass is 288 g/mol.